The molecule has 4 aromatic rings. The van der Waals surface area contributed by atoms with Gasteiger partial charge in [-0.1, -0.05) is 23.7 Å². The highest BCUT2D eigenvalue weighted by Gasteiger charge is 2.25. The molecule has 2 aromatic heterocycles. The lowest BCUT2D eigenvalue weighted by atomic mass is 10.0. The van der Waals surface area contributed by atoms with Gasteiger partial charge in [0, 0.05) is 28.3 Å². The van der Waals surface area contributed by atoms with E-state index in [2.05, 4.69) is 10.6 Å². The molecule has 0 radical (unpaired) electrons. The van der Waals surface area contributed by atoms with Crippen LogP contribution in [0.4, 0.5) is 0 Å². The number of rotatable bonds is 8. The van der Waals surface area contributed by atoms with Crippen LogP contribution in [0.1, 0.15) is 34.9 Å². The molecule has 4 rings (SSSR count). The average molecular weight is 539 g/mol. The standard InChI is InChI=1S/C28H27ClN2O7/c1-13-16(4)37-23-12-24-20(10-19(13)23)14(2)21(28(36)38-24)11-25(32)30-15(3)26(33)31-22(27(34)35)9-17-5-7-18(29)8-6-17/h5-8,10,12,15,22H,9,11H2,1-4H3,(H,30,32)(H,31,33)(H,34,35)/t15-,22?/m1/s1. The Morgan fingerprint density at radius 3 is 2.24 bits per heavy atom. The van der Waals surface area contributed by atoms with Crippen LogP contribution in [-0.2, 0) is 27.2 Å². The van der Waals surface area contributed by atoms with Gasteiger partial charge in [-0.2, -0.15) is 0 Å². The van der Waals surface area contributed by atoms with Gasteiger partial charge in [0.05, 0.1) is 12.0 Å². The molecule has 0 spiro atoms. The first-order valence-electron chi connectivity index (χ1n) is 12.0. The Bertz CT molecular complexity index is 1620. The molecule has 38 heavy (non-hydrogen) atoms. The fourth-order valence-electron chi connectivity index (χ4n) is 4.30. The van der Waals surface area contributed by atoms with Gasteiger partial charge in [0.2, 0.25) is 11.8 Å². The minimum absolute atomic E-state index is 0.0408. The molecule has 3 N–H and O–H groups in total. The molecule has 2 heterocycles. The van der Waals surface area contributed by atoms with Gasteiger partial charge < -0.3 is 24.6 Å². The summed E-state index contributed by atoms with van der Waals surface area (Å²) in [4.78, 5) is 49.8. The van der Waals surface area contributed by atoms with Crippen LogP contribution >= 0.6 is 11.6 Å². The smallest absolute Gasteiger partial charge is 0.340 e. The van der Waals surface area contributed by atoms with Crippen molar-refractivity contribution in [1.82, 2.24) is 10.6 Å². The third kappa shape index (κ3) is 5.57. The van der Waals surface area contributed by atoms with Crippen LogP contribution in [0.3, 0.4) is 0 Å². The van der Waals surface area contributed by atoms with Gasteiger partial charge in [-0.3, -0.25) is 9.59 Å². The van der Waals surface area contributed by atoms with E-state index < -0.39 is 35.5 Å². The Balaban J connectivity index is 1.47. The highest BCUT2D eigenvalue weighted by Crippen LogP contribution is 2.31. The number of carboxylic acids is 1. The third-order valence-corrected chi connectivity index (χ3v) is 6.91. The molecule has 1 unspecified atom stereocenters. The zero-order valence-corrected chi connectivity index (χ0v) is 22.1. The molecule has 2 atom stereocenters. The van der Waals surface area contributed by atoms with Crippen molar-refractivity contribution in [3.63, 3.8) is 0 Å². The Morgan fingerprint density at radius 2 is 1.58 bits per heavy atom. The molecule has 2 aromatic carbocycles. The van der Waals surface area contributed by atoms with Crippen molar-refractivity contribution >= 4 is 51.3 Å². The van der Waals surface area contributed by atoms with Crippen LogP contribution in [0.5, 0.6) is 0 Å². The van der Waals surface area contributed by atoms with Crippen molar-refractivity contribution in [3.8, 4) is 0 Å². The van der Waals surface area contributed by atoms with E-state index in [0.717, 1.165) is 16.7 Å². The number of furan rings is 1. The molecule has 0 fully saturated rings. The molecule has 0 aliphatic carbocycles. The van der Waals surface area contributed by atoms with Gasteiger partial charge in [-0.15, -0.1) is 0 Å². The van der Waals surface area contributed by atoms with Crippen molar-refractivity contribution in [3.05, 3.63) is 79.9 Å². The first kappa shape index (κ1) is 26.9. The molecule has 0 saturated carbocycles. The Morgan fingerprint density at radius 1 is 0.947 bits per heavy atom. The van der Waals surface area contributed by atoms with Crippen LogP contribution in [0.2, 0.25) is 5.02 Å². The molecule has 10 heteroatoms. The molecule has 0 aliphatic heterocycles. The lowest BCUT2D eigenvalue weighted by Gasteiger charge is -2.19. The number of aliphatic carboxylic acids is 1. The van der Waals surface area contributed by atoms with E-state index >= 15 is 0 Å². The maximum atomic E-state index is 12.8. The molecule has 9 nitrogen and oxygen atoms in total. The second-order valence-corrected chi connectivity index (χ2v) is 9.75. The van der Waals surface area contributed by atoms with Crippen molar-refractivity contribution in [1.29, 1.82) is 0 Å². The van der Waals surface area contributed by atoms with E-state index in [0.29, 0.717) is 32.7 Å². The summed E-state index contributed by atoms with van der Waals surface area (Å²) in [5.74, 6) is -1.70. The second kappa shape index (κ2) is 10.7. The first-order chi connectivity index (χ1) is 17.9. The lowest BCUT2D eigenvalue weighted by Crippen LogP contribution is -2.51. The first-order valence-corrected chi connectivity index (χ1v) is 12.4. The number of aryl methyl sites for hydroxylation is 3. The summed E-state index contributed by atoms with van der Waals surface area (Å²) in [6.45, 7) is 6.96. The van der Waals surface area contributed by atoms with Crippen molar-refractivity contribution < 1.29 is 28.3 Å². The number of fused-ring (bicyclic) bond motifs is 2. The maximum absolute atomic E-state index is 12.8. The van der Waals surface area contributed by atoms with E-state index in [1.54, 1.807) is 37.3 Å². The number of carbonyl (C=O) groups excluding carboxylic acids is 2. The number of hydrogen-bond donors (Lipinski definition) is 3. The number of benzene rings is 2. The lowest BCUT2D eigenvalue weighted by molar-refractivity contribution is -0.142. The predicted molar refractivity (Wildman–Crippen MR) is 142 cm³/mol. The number of amides is 2. The molecule has 198 valence electrons. The van der Waals surface area contributed by atoms with Crippen LogP contribution < -0.4 is 16.3 Å². The number of halogens is 1. The topological polar surface area (TPSA) is 139 Å². The van der Waals surface area contributed by atoms with Crippen LogP contribution in [0.15, 0.2) is 50.0 Å². The van der Waals surface area contributed by atoms with E-state index in [4.69, 9.17) is 20.4 Å². The minimum atomic E-state index is -1.21. The summed E-state index contributed by atoms with van der Waals surface area (Å²) >= 11 is 5.87. The molecule has 0 bridgehead atoms. The Labute approximate surface area is 222 Å². The Hall–Kier alpha value is -4.11. The second-order valence-electron chi connectivity index (χ2n) is 9.32. The molecular formula is C28H27ClN2O7. The summed E-state index contributed by atoms with van der Waals surface area (Å²) in [6, 6.07) is 7.90. The number of carbonyl (C=O) groups is 3. The summed E-state index contributed by atoms with van der Waals surface area (Å²) in [7, 11) is 0. The minimum Gasteiger partial charge on any atom is -0.480 e. The summed E-state index contributed by atoms with van der Waals surface area (Å²) in [5, 5.41) is 16.6. The zero-order chi connectivity index (χ0) is 27.7. The van der Waals surface area contributed by atoms with E-state index in [1.807, 2.05) is 19.9 Å². The summed E-state index contributed by atoms with van der Waals surface area (Å²) in [5.41, 5.74) is 2.72. The van der Waals surface area contributed by atoms with Crippen molar-refractivity contribution in [2.45, 2.75) is 52.6 Å². The van der Waals surface area contributed by atoms with Crippen LogP contribution in [0, 0.1) is 20.8 Å². The summed E-state index contributed by atoms with van der Waals surface area (Å²) < 4.78 is 11.2. The Kier molecular flexibility index (Phi) is 7.59. The third-order valence-electron chi connectivity index (χ3n) is 6.66. The van der Waals surface area contributed by atoms with Gasteiger partial charge >= 0.3 is 11.6 Å². The zero-order valence-electron chi connectivity index (χ0n) is 21.3. The molecular weight excluding hydrogens is 512 g/mol. The number of carboxylic acid groups (broad SMARTS) is 1. The van der Waals surface area contributed by atoms with Gasteiger partial charge in [0.25, 0.3) is 0 Å². The van der Waals surface area contributed by atoms with Crippen molar-refractivity contribution in [2.24, 2.45) is 0 Å². The van der Waals surface area contributed by atoms with Crippen LogP contribution in [-0.4, -0.2) is 35.0 Å². The fourth-order valence-corrected chi connectivity index (χ4v) is 4.43. The normalized spacial score (nSPS) is 12.9. The van der Waals surface area contributed by atoms with E-state index in [-0.39, 0.29) is 18.4 Å². The van der Waals surface area contributed by atoms with Crippen LogP contribution in [0.25, 0.3) is 21.9 Å². The number of nitrogens with one attached hydrogen (secondary N) is 2. The predicted octanol–water partition coefficient (Wildman–Crippen LogP) is 3.98. The van der Waals surface area contributed by atoms with Crippen molar-refractivity contribution in [2.75, 3.05) is 0 Å². The van der Waals surface area contributed by atoms with E-state index in [9.17, 15) is 24.3 Å². The largest absolute Gasteiger partial charge is 0.480 e. The van der Waals surface area contributed by atoms with Gasteiger partial charge in [-0.05, 0) is 62.6 Å². The van der Waals surface area contributed by atoms with E-state index in [1.165, 1.54) is 6.92 Å². The highest BCUT2D eigenvalue weighted by atomic mass is 35.5. The monoisotopic (exact) mass is 538 g/mol. The maximum Gasteiger partial charge on any atom is 0.340 e. The fraction of sp³-hybridized carbons (Fsp3) is 0.286. The molecule has 2 amide bonds. The average Bonchev–Trinajstić information content (AvgIpc) is 3.13. The highest BCUT2D eigenvalue weighted by molar-refractivity contribution is 6.30. The number of hydrogen-bond acceptors (Lipinski definition) is 6. The summed E-state index contributed by atoms with van der Waals surface area (Å²) in [6.07, 6.45) is -0.268. The SMILES string of the molecule is Cc1oc2cc3oc(=O)c(CC(=O)N[C@H](C)C(=O)NC(Cc4ccc(Cl)cc4)C(=O)O)c(C)c3cc2c1C. The van der Waals surface area contributed by atoms with Gasteiger partial charge in [0.1, 0.15) is 29.0 Å². The van der Waals surface area contributed by atoms with Gasteiger partial charge in [-0.25, -0.2) is 9.59 Å². The van der Waals surface area contributed by atoms with Gasteiger partial charge in [0.15, 0.2) is 0 Å². The quantitative estimate of drug-likeness (QED) is 0.288. The molecule has 0 saturated heterocycles. The molecule has 0 aliphatic rings.